The van der Waals surface area contributed by atoms with Gasteiger partial charge in [0.1, 0.15) is 10.5 Å². The number of amides is 1. The minimum atomic E-state index is -4.44. The molecule has 0 radical (unpaired) electrons. The SMILES string of the molecule is Cc1cnc2sc(C(=O)NC3CN(c4ccc(C(F)(F)F)nc4)C3)cc2c1C. The summed E-state index contributed by atoms with van der Waals surface area (Å²) in [4.78, 5) is 23.7. The molecular weight excluding hydrogens is 389 g/mol. The maximum Gasteiger partial charge on any atom is 0.433 e. The number of aryl methyl sites for hydroxylation is 2. The maximum absolute atomic E-state index is 12.6. The molecule has 5 nitrogen and oxygen atoms in total. The van der Waals surface area contributed by atoms with E-state index < -0.39 is 11.9 Å². The van der Waals surface area contributed by atoms with Crippen LogP contribution in [0.15, 0.2) is 30.6 Å². The zero-order valence-corrected chi connectivity index (χ0v) is 16.0. The summed E-state index contributed by atoms with van der Waals surface area (Å²) < 4.78 is 37.7. The predicted octanol–water partition coefficient (Wildman–Crippen LogP) is 3.95. The summed E-state index contributed by atoms with van der Waals surface area (Å²) in [5.74, 6) is -0.157. The van der Waals surface area contributed by atoms with E-state index in [2.05, 4.69) is 15.3 Å². The molecular formula is C19H17F3N4OS. The van der Waals surface area contributed by atoms with Gasteiger partial charge >= 0.3 is 6.18 Å². The maximum atomic E-state index is 12.6. The number of alkyl halides is 3. The van der Waals surface area contributed by atoms with E-state index in [0.717, 1.165) is 27.4 Å². The Balaban J connectivity index is 1.38. The Kier molecular flexibility index (Phi) is 4.49. The summed E-state index contributed by atoms with van der Waals surface area (Å²) in [5.41, 5.74) is 1.89. The number of nitrogens with zero attached hydrogens (tertiary/aromatic N) is 3. The van der Waals surface area contributed by atoms with Crippen molar-refractivity contribution in [2.75, 3.05) is 18.0 Å². The first kappa shape index (κ1) is 18.7. The molecule has 0 atom stereocenters. The second-order valence-electron chi connectivity index (χ2n) is 6.87. The second kappa shape index (κ2) is 6.73. The van der Waals surface area contributed by atoms with Gasteiger partial charge in [-0.05, 0) is 43.2 Å². The van der Waals surface area contributed by atoms with Gasteiger partial charge in [-0.3, -0.25) is 4.79 Å². The van der Waals surface area contributed by atoms with Crippen LogP contribution in [0.4, 0.5) is 18.9 Å². The fourth-order valence-corrected chi connectivity index (χ4v) is 4.06. The van der Waals surface area contributed by atoms with Gasteiger partial charge < -0.3 is 10.2 Å². The van der Waals surface area contributed by atoms with Crippen molar-refractivity contribution in [3.8, 4) is 0 Å². The molecule has 1 saturated heterocycles. The first-order chi connectivity index (χ1) is 13.2. The number of aromatic nitrogens is 2. The highest BCUT2D eigenvalue weighted by Gasteiger charge is 2.33. The number of carbonyl (C=O) groups excluding carboxylic acids is 1. The normalized spacial score (nSPS) is 15.0. The van der Waals surface area contributed by atoms with Crippen molar-refractivity contribution in [3.05, 3.63) is 52.3 Å². The van der Waals surface area contributed by atoms with Gasteiger partial charge in [0.05, 0.1) is 22.8 Å². The Bertz CT molecular complexity index is 1040. The number of hydrogen-bond acceptors (Lipinski definition) is 5. The third-order valence-corrected chi connectivity index (χ3v) is 5.97. The molecule has 4 heterocycles. The lowest BCUT2D eigenvalue weighted by atomic mass is 10.1. The lowest BCUT2D eigenvalue weighted by Gasteiger charge is -2.41. The highest BCUT2D eigenvalue weighted by molar-refractivity contribution is 7.20. The number of thiophene rings is 1. The Hall–Kier alpha value is -2.68. The molecule has 0 aliphatic carbocycles. The molecule has 1 N–H and O–H groups in total. The summed E-state index contributed by atoms with van der Waals surface area (Å²) >= 11 is 1.35. The van der Waals surface area contributed by atoms with E-state index in [-0.39, 0.29) is 11.9 Å². The number of nitrogens with one attached hydrogen (secondary N) is 1. The van der Waals surface area contributed by atoms with Crippen LogP contribution in [0, 0.1) is 13.8 Å². The average Bonchev–Trinajstić information content (AvgIpc) is 3.05. The Morgan fingerprint density at radius 3 is 2.61 bits per heavy atom. The molecule has 3 aromatic heterocycles. The van der Waals surface area contributed by atoms with Crippen LogP contribution >= 0.6 is 11.3 Å². The van der Waals surface area contributed by atoms with Crippen LogP contribution in [0.3, 0.4) is 0 Å². The second-order valence-corrected chi connectivity index (χ2v) is 7.90. The van der Waals surface area contributed by atoms with Gasteiger partial charge in [-0.2, -0.15) is 13.2 Å². The molecule has 9 heteroatoms. The van der Waals surface area contributed by atoms with Gasteiger partial charge in [-0.1, -0.05) is 0 Å². The highest BCUT2D eigenvalue weighted by Crippen LogP contribution is 2.30. The zero-order valence-electron chi connectivity index (χ0n) is 15.2. The average molecular weight is 406 g/mol. The van der Waals surface area contributed by atoms with Crippen molar-refractivity contribution in [2.24, 2.45) is 0 Å². The molecule has 0 aromatic carbocycles. The quantitative estimate of drug-likeness (QED) is 0.716. The smallest absolute Gasteiger partial charge is 0.366 e. The lowest BCUT2D eigenvalue weighted by molar-refractivity contribution is -0.141. The van der Waals surface area contributed by atoms with Gasteiger partial charge in [0.25, 0.3) is 5.91 Å². The van der Waals surface area contributed by atoms with Gasteiger partial charge in [0, 0.05) is 24.7 Å². The molecule has 1 fully saturated rings. The van der Waals surface area contributed by atoms with E-state index in [1.54, 1.807) is 6.20 Å². The molecule has 0 saturated carbocycles. The Morgan fingerprint density at radius 2 is 1.96 bits per heavy atom. The van der Waals surface area contributed by atoms with Crippen molar-refractivity contribution in [2.45, 2.75) is 26.1 Å². The molecule has 1 aliphatic rings. The molecule has 1 amide bonds. The monoisotopic (exact) mass is 406 g/mol. The minimum absolute atomic E-state index is 0.0594. The van der Waals surface area contributed by atoms with Crippen molar-refractivity contribution >= 4 is 33.1 Å². The summed E-state index contributed by atoms with van der Waals surface area (Å²) in [6.07, 6.45) is -1.43. The Labute approximate surface area is 163 Å². The van der Waals surface area contributed by atoms with Gasteiger partial charge in [0.2, 0.25) is 0 Å². The topological polar surface area (TPSA) is 58.1 Å². The third-order valence-electron chi connectivity index (χ3n) is 4.93. The van der Waals surface area contributed by atoms with Crippen LogP contribution in [0.5, 0.6) is 0 Å². The van der Waals surface area contributed by atoms with E-state index in [0.29, 0.717) is 23.7 Å². The largest absolute Gasteiger partial charge is 0.433 e. The van der Waals surface area contributed by atoms with E-state index >= 15 is 0 Å². The summed E-state index contributed by atoms with van der Waals surface area (Å²) in [7, 11) is 0. The molecule has 28 heavy (non-hydrogen) atoms. The number of pyridine rings is 2. The molecule has 0 bridgehead atoms. The molecule has 3 aromatic rings. The molecule has 146 valence electrons. The molecule has 4 rings (SSSR count). The van der Waals surface area contributed by atoms with Crippen LogP contribution in [-0.4, -0.2) is 35.0 Å². The summed E-state index contributed by atoms with van der Waals surface area (Å²) in [5, 5.41) is 3.95. The molecule has 0 unspecified atom stereocenters. The first-order valence-corrected chi connectivity index (χ1v) is 9.49. The van der Waals surface area contributed by atoms with Crippen molar-refractivity contribution in [1.29, 1.82) is 0 Å². The highest BCUT2D eigenvalue weighted by atomic mass is 32.1. The predicted molar refractivity (Wildman–Crippen MR) is 102 cm³/mol. The van der Waals surface area contributed by atoms with E-state index in [1.165, 1.54) is 23.6 Å². The number of rotatable bonds is 3. The number of carbonyl (C=O) groups is 1. The fourth-order valence-electron chi connectivity index (χ4n) is 3.10. The number of hydrogen-bond donors (Lipinski definition) is 1. The Morgan fingerprint density at radius 1 is 1.21 bits per heavy atom. The van der Waals surface area contributed by atoms with Crippen LogP contribution in [0.25, 0.3) is 10.2 Å². The van der Waals surface area contributed by atoms with Crippen LogP contribution in [-0.2, 0) is 6.18 Å². The number of fused-ring (bicyclic) bond motifs is 1. The minimum Gasteiger partial charge on any atom is -0.366 e. The van der Waals surface area contributed by atoms with E-state index in [4.69, 9.17) is 0 Å². The van der Waals surface area contributed by atoms with Gasteiger partial charge in [-0.15, -0.1) is 11.3 Å². The van der Waals surface area contributed by atoms with E-state index in [1.807, 2.05) is 24.8 Å². The standard InChI is InChI=1S/C19H17F3N4OS/c1-10-6-24-18-14(11(10)2)5-15(28-18)17(27)25-12-8-26(9-12)13-3-4-16(23-7-13)19(20,21)22/h3-7,12H,8-9H2,1-2H3,(H,25,27). The van der Waals surface area contributed by atoms with Crippen molar-refractivity contribution < 1.29 is 18.0 Å². The lowest BCUT2D eigenvalue weighted by Crippen LogP contribution is -2.59. The van der Waals surface area contributed by atoms with E-state index in [9.17, 15) is 18.0 Å². The first-order valence-electron chi connectivity index (χ1n) is 8.67. The zero-order chi connectivity index (χ0) is 20.1. The van der Waals surface area contributed by atoms with Crippen LogP contribution in [0.2, 0.25) is 0 Å². The number of halogens is 3. The van der Waals surface area contributed by atoms with Gasteiger partial charge in [-0.25, -0.2) is 9.97 Å². The third kappa shape index (κ3) is 3.42. The molecule has 0 spiro atoms. The summed E-state index contributed by atoms with van der Waals surface area (Å²) in [6, 6.07) is 4.17. The summed E-state index contributed by atoms with van der Waals surface area (Å²) in [6.45, 7) is 5.05. The van der Waals surface area contributed by atoms with Crippen LogP contribution in [0.1, 0.15) is 26.5 Å². The van der Waals surface area contributed by atoms with Crippen molar-refractivity contribution in [1.82, 2.24) is 15.3 Å². The fraction of sp³-hybridized carbons (Fsp3) is 0.316. The number of anilines is 1. The van der Waals surface area contributed by atoms with Crippen LogP contribution < -0.4 is 10.2 Å². The van der Waals surface area contributed by atoms with Gasteiger partial charge in [0.15, 0.2) is 0 Å². The molecule has 1 aliphatic heterocycles. The van der Waals surface area contributed by atoms with Crippen molar-refractivity contribution in [3.63, 3.8) is 0 Å².